The molecule has 4 rings (SSSR count). The van der Waals surface area contributed by atoms with Crippen LogP contribution in [0, 0.1) is 6.92 Å². The molecule has 1 aromatic heterocycles. The number of methoxy groups -OCH3 is 2. The number of piperazine rings is 1. The van der Waals surface area contributed by atoms with Gasteiger partial charge in [0.2, 0.25) is 11.7 Å². The number of pyridine rings is 1. The van der Waals surface area contributed by atoms with Crippen molar-refractivity contribution in [3.8, 4) is 28.5 Å². The van der Waals surface area contributed by atoms with Crippen LogP contribution < -0.4 is 9.47 Å². The molecule has 0 atom stereocenters. The van der Waals surface area contributed by atoms with Crippen molar-refractivity contribution in [2.45, 2.75) is 13.3 Å². The van der Waals surface area contributed by atoms with Crippen LogP contribution in [-0.4, -0.2) is 73.2 Å². The van der Waals surface area contributed by atoms with Gasteiger partial charge in [0, 0.05) is 37.1 Å². The highest BCUT2D eigenvalue weighted by molar-refractivity contribution is 5.87. The number of nitrogens with zero attached hydrogens (tertiary/aromatic N) is 3. The average molecular weight is 436 g/mol. The van der Waals surface area contributed by atoms with Crippen molar-refractivity contribution >= 4 is 16.8 Å². The lowest BCUT2D eigenvalue weighted by Gasteiger charge is -2.32. The van der Waals surface area contributed by atoms with Crippen LogP contribution in [0.15, 0.2) is 36.4 Å². The Balaban J connectivity index is 1.62. The largest absolute Gasteiger partial charge is 0.504 e. The van der Waals surface area contributed by atoms with Gasteiger partial charge < -0.3 is 24.4 Å². The van der Waals surface area contributed by atoms with Crippen molar-refractivity contribution in [1.29, 1.82) is 0 Å². The van der Waals surface area contributed by atoms with Crippen molar-refractivity contribution in [2.75, 3.05) is 47.4 Å². The van der Waals surface area contributed by atoms with E-state index in [0.717, 1.165) is 59.5 Å². The molecule has 32 heavy (non-hydrogen) atoms. The van der Waals surface area contributed by atoms with Crippen molar-refractivity contribution in [2.24, 2.45) is 0 Å². The van der Waals surface area contributed by atoms with Gasteiger partial charge in [-0.05, 0) is 55.4 Å². The number of fused-ring (bicyclic) bond motifs is 1. The molecule has 3 aromatic rings. The van der Waals surface area contributed by atoms with Crippen LogP contribution in [0.4, 0.5) is 0 Å². The van der Waals surface area contributed by atoms with E-state index in [1.807, 2.05) is 30.0 Å². The number of aromatic hydroxyl groups is 1. The summed E-state index contributed by atoms with van der Waals surface area (Å²) in [5, 5.41) is 11.3. The highest BCUT2D eigenvalue weighted by atomic mass is 16.5. The number of aryl methyl sites for hydroxylation is 1. The fourth-order valence-electron chi connectivity index (χ4n) is 4.13. The minimum atomic E-state index is -0.000771. The zero-order chi connectivity index (χ0) is 22.8. The quantitative estimate of drug-likeness (QED) is 0.663. The molecule has 1 fully saturated rings. The van der Waals surface area contributed by atoms with Crippen molar-refractivity contribution in [1.82, 2.24) is 14.8 Å². The molecular weight excluding hydrogens is 406 g/mol. The van der Waals surface area contributed by atoms with E-state index in [1.54, 1.807) is 12.1 Å². The number of amides is 1. The Morgan fingerprint density at radius 3 is 2.50 bits per heavy atom. The van der Waals surface area contributed by atoms with Gasteiger partial charge in [0.05, 0.1) is 31.9 Å². The molecule has 1 aliphatic heterocycles. The smallest absolute Gasteiger partial charge is 0.227 e. The number of carbonyl (C=O) groups is 1. The predicted octanol–water partition coefficient (Wildman–Crippen LogP) is 3.25. The van der Waals surface area contributed by atoms with E-state index in [0.29, 0.717) is 17.9 Å². The van der Waals surface area contributed by atoms with Crippen LogP contribution >= 0.6 is 0 Å². The first-order chi connectivity index (χ1) is 15.4. The second-order valence-electron chi connectivity index (χ2n) is 8.27. The summed E-state index contributed by atoms with van der Waals surface area (Å²) >= 11 is 0. The summed E-state index contributed by atoms with van der Waals surface area (Å²) in [5.74, 6) is 0.905. The summed E-state index contributed by atoms with van der Waals surface area (Å²) in [6.45, 7) is 5.43. The van der Waals surface area contributed by atoms with Gasteiger partial charge in [-0.2, -0.15) is 0 Å². The van der Waals surface area contributed by atoms with Crippen molar-refractivity contribution in [3.63, 3.8) is 0 Å². The predicted molar refractivity (Wildman–Crippen MR) is 124 cm³/mol. The van der Waals surface area contributed by atoms with Crippen molar-refractivity contribution in [3.05, 3.63) is 47.5 Å². The number of benzene rings is 2. The molecule has 0 bridgehead atoms. The van der Waals surface area contributed by atoms with E-state index in [9.17, 15) is 9.90 Å². The lowest BCUT2D eigenvalue weighted by molar-refractivity contribution is -0.132. The number of hydrogen-bond donors (Lipinski definition) is 1. The molecule has 7 nitrogen and oxygen atoms in total. The lowest BCUT2D eigenvalue weighted by atomic mass is 10.0. The van der Waals surface area contributed by atoms with Gasteiger partial charge in [0.1, 0.15) is 0 Å². The molecule has 168 valence electrons. The minimum absolute atomic E-state index is 0.000771. The standard InChI is InChI=1S/C25H29N3O4/c1-16-11-21(18-14-22(29)25(32-4)23(15-18)31-3)26-20-6-5-17(12-19(16)20)13-24(30)28-9-7-27(2)8-10-28/h5-6,11-12,14-15,29H,7-10,13H2,1-4H3. The number of phenolic OH excluding ortho intramolecular Hbond substituents is 1. The fraction of sp³-hybridized carbons (Fsp3) is 0.360. The van der Waals surface area contributed by atoms with E-state index >= 15 is 0 Å². The normalized spacial score (nSPS) is 14.6. The highest BCUT2D eigenvalue weighted by Crippen LogP contribution is 2.40. The zero-order valence-corrected chi connectivity index (χ0v) is 19.0. The molecule has 1 saturated heterocycles. The van der Waals surface area contributed by atoms with Gasteiger partial charge in [0.25, 0.3) is 0 Å². The number of carbonyl (C=O) groups excluding carboxylic acids is 1. The van der Waals surface area contributed by atoms with Gasteiger partial charge in [-0.1, -0.05) is 6.07 Å². The molecule has 0 spiro atoms. The number of likely N-dealkylation sites (N-methyl/N-ethyl adjacent to an activating group) is 1. The van der Waals surface area contributed by atoms with Crippen LogP contribution in [0.5, 0.6) is 17.2 Å². The molecule has 0 radical (unpaired) electrons. The van der Waals surface area contributed by atoms with E-state index in [1.165, 1.54) is 14.2 Å². The Kier molecular flexibility index (Phi) is 6.19. The van der Waals surface area contributed by atoms with Gasteiger partial charge in [0.15, 0.2) is 11.5 Å². The third-order valence-corrected chi connectivity index (χ3v) is 6.05. The molecule has 0 aliphatic carbocycles. The zero-order valence-electron chi connectivity index (χ0n) is 19.0. The van der Waals surface area contributed by atoms with E-state index in [2.05, 4.69) is 18.0 Å². The van der Waals surface area contributed by atoms with Crippen LogP contribution in [0.2, 0.25) is 0 Å². The molecule has 0 saturated carbocycles. The van der Waals surface area contributed by atoms with Crippen LogP contribution in [-0.2, 0) is 11.2 Å². The monoisotopic (exact) mass is 435 g/mol. The lowest BCUT2D eigenvalue weighted by Crippen LogP contribution is -2.47. The Labute approximate surface area is 188 Å². The average Bonchev–Trinajstić information content (AvgIpc) is 2.79. The highest BCUT2D eigenvalue weighted by Gasteiger charge is 2.19. The van der Waals surface area contributed by atoms with Gasteiger partial charge in [-0.3, -0.25) is 4.79 Å². The first kappa shape index (κ1) is 21.9. The maximum absolute atomic E-state index is 12.7. The number of aromatic nitrogens is 1. The number of phenols is 1. The molecule has 1 amide bonds. The molecule has 1 N–H and O–H groups in total. The third kappa shape index (κ3) is 4.34. The minimum Gasteiger partial charge on any atom is -0.504 e. The molecule has 0 unspecified atom stereocenters. The third-order valence-electron chi connectivity index (χ3n) is 6.05. The summed E-state index contributed by atoms with van der Waals surface area (Å²) in [6.07, 6.45) is 0.393. The fourth-order valence-corrected chi connectivity index (χ4v) is 4.13. The summed E-state index contributed by atoms with van der Waals surface area (Å²) in [6, 6.07) is 11.4. The Hall–Kier alpha value is -3.32. The molecule has 2 heterocycles. The Bertz CT molecular complexity index is 1150. The van der Waals surface area contributed by atoms with Gasteiger partial charge in [-0.25, -0.2) is 4.98 Å². The topological polar surface area (TPSA) is 75.1 Å². The summed E-state index contributed by atoms with van der Waals surface area (Å²) < 4.78 is 10.6. The van der Waals surface area contributed by atoms with Gasteiger partial charge in [-0.15, -0.1) is 0 Å². The van der Waals surface area contributed by atoms with E-state index in [4.69, 9.17) is 14.5 Å². The van der Waals surface area contributed by atoms with E-state index in [-0.39, 0.29) is 11.7 Å². The molecular formula is C25H29N3O4. The van der Waals surface area contributed by atoms with E-state index < -0.39 is 0 Å². The molecule has 2 aromatic carbocycles. The molecule has 7 heteroatoms. The van der Waals surface area contributed by atoms with Crippen LogP contribution in [0.3, 0.4) is 0 Å². The van der Waals surface area contributed by atoms with Crippen LogP contribution in [0.25, 0.3) is 22.2 Å². The molecule has 1 aliphatic rings. The number of rotatable bonds is 5. The summed E-state index contributed by atoms with van der Waals surface area (Å²) in [4.78, 5) is 21.7. The Morgan fingerprint density at radius 2 is 1.81 bits per heavy atom. The first-order valence-corrected chi connectivity index (χ1v) is 10.7. The second-order valence-corrected chi connectivity index (χ2v) is 8.27. The van der Waals surface area contributed by atoms with Gasteiger partial charge >= 0.3 is 0 Å². The Morgan fingerprint density at radius 1 is 1.06 bits per heavy atom. The maximum atomic E-state index is 12.7. The number of ether oxygens (including phenoxy) is 2. The van der Waals surface area contributed by atoms with Crippen molar-refractivity contribution < 1.29 is 19.4 Å². The number of hydrogen-bond acceptors (Lipinski definition) is 6. The second kappa shape index (κ2) is 9.04. The maximum Gasteiger partial charge on any atom is 0.227 e. The first-order valence-electron chi connectivity index (χ1n) is 10.7. The SMILES string of the molecule is COc1cc(-c2cc(C)c3cc(CC(=O)N4CCN(C)CC4)ccc3n2)cc(O)c1OC. The summed E-state index contributed by atoms with van der Waals surface area (Å²) in [7, 11) is 5.10. The summed E-state index contributed by atoms with van der Waals surface area (Å²) in [5.41, 5.74) is 4.34. The van der Waals surface area contributed by atoms with Crippen LogP contribution in [0.1, 0.15) is 11.1 Å².